The van der Waals surface area contributed by atoms with Gasteiger partial charge in [-0.05, 0) is 29.8 Å². The Labute approximate surface area is 123 Å². The van der Waals surface area contributed by atoms with Gasteiger partial charge in [0, 0.05) is 17.0 Å². The number of hydrogen-bond acceptors (Lipinski definition) is 1. The summed E-state index contributed by atoms with van der Waals surface area (Å²) in [7, 11) is 0. The summed E-state index contributed by atoms with van der Waals surface area (Å²) in [5, 5.41) is 0.211. The Bertz CT molecular complexity index is 680. The standard InChI is InChI=1S/C15H9ClF4O/c16-10-5-6-13(17)9(7-10)8-14(21)11-3-1-2-4-12(11)15(18,19)20/h1-7H,8H2. The van der Waals surface area contributed by atoms with Crippen molar-refractivity contribution >= 4 is 17.4 Å². The number of hydrogen-bond donors (Lipinski definition) is 0. The van der Waals surface area contributed by atoms with Gasteiger partial charge < -0.3 is 0 Å². The molecule has 1 nitrogen and oxygen atoms in total. The van der Waals surface area contributed by atoms with Crippen molar-refractivity contribution in [3.05, 3.63) is 70.0 Å². The molecule has 0 spiro atoms. The number of carbonyl (C=O) groups is 1. The first-order valence-electron chi connectivity index (χ1n) is 5.92. The lowest BCUT2D eigenvalue weighted by Crippen LogP contribution is -2.14. The molecule has 0 heterocycles. The number of rotatable bonds is 3. The van der Waals surface area contributed by atoms with Crippen LogP contribution in [0.15, 0.2) is 42.5 Å². The summed E-state index contributed by atoms with van der Waals surface area (Å²) < 4.78 is 52.1. The van der Waals surface area contributed by atoms with Gasteiger partial charge in [-0.3, -0.25) is 4.79 Å². The molecule has 0 saturated carbocycles. The largest absolute Gasteiger partial charge is 0.417 e. The van der Waals surface area contributed by atoms with Gasteiger partial charge in [0.05, 0.1) is 5.56 Å². The molecule has 0 N–H and O–H groups in total. The lowest BCUT2D eigenvalue weighted by atomic mass is 9.98. The molecule has 2 rings (SSSR count). The summed E-state index contributed by atoms with van der Waals surface area (Å²) in [6.07, 6.45) is -5.13. The summed E-state index contributed by atoms with van der Waals surface area (Å²) in [5.74, 6) is -1.50. The monoisotopic (exact) mass is 316 g/mol. The Kier molecular flexibility index (Phi) is 4.32. The van der Waals surface area contributed by atoms with E-state index in [2.05, 4.69) is 0 Å². The number of halogens is 5. The molecule has 0 saturated heterocycles. The molecule has 0 unspecified atom stereocenters. The van der Waals surface area contributed by atoms with Gasteiger partial charge in [-0.1, -0.05) is 29.8 Å². The van der Waals surface area contributed by atoms with Crippen molar-refractivity contribution < 1.29 is 22.4 Å². The molecule has 2 aromatic carbocycles. The van der Waals surface area contributed by atoms with Gasteiger partial charge in [-0.15, -0.1) is 0 Å². The van der Waals surface area contributed by atoms with Crippen molar-refractivity contribution in [1.29, 1.82) is 0 Å². The fourth-order valence-electron chi connectivity index (χ4n) is 1.92. The second-order valence-electron chi connectivity index (χ2n) is 4.38. The number of benzene rings is 2. The molecule has 0 bridgehead atoms. The van der Waals surface area contributed by atoms with Crippen LogP contribution in [0.1, 0.15) is 21.5 Å². The molecule has 21 heavy (non-hydrogen) atoms. The number of carbonyl (C=O) groups excluding carboxylic acids is 1. The van der Waals surface area contributed by atoms with E-state index in [4.69, 9.17) is 11.6 Å². The number of ketones is 1. The lowest BCUT2D eigenvalue weighted by molar-refractivity contribution is -0.137. The zero-order valence-electron chi connectivity index (χ0n) is 10.5. The SMILES string of the molecule is O=C(Cc1cc(Cl)ccc1F)c1ccccc1C(F)(F)F. The summed E-state index contributed by atoms with van der Waals surface area (Å²) in [6, 6.07) is 8.02. The Morgan fingerprint density at radius 1 is 1.10 bits per heavy atom. The quantitative estimate of drug-likeness (QED) is 0.580. The molecule has 0 aliphatic carbocycles. The lowest BCUT2D eigenvalue weighted by Gasteiger charge is -2.12. The van der Waals surface area contributed by atoms with Gasteiger partial charge in [0.15, 0.2) is 5.78 Å². The molecular weight excluding hydrogens is 308 g/mol. The van der Waals surface area contributed by atoms with Gasteiger partial charge in [0.2, 0.25) is 0 Å². The van der Waals surface area contributed by atoms with E-state index in [0.717, 1.165) is 18.2 Å². The predicted octanol–water partition coefficient (Wildman–Crippen LogP) is 4.92. The van der Waals surface area contributed by atoms with Crippen LogP contribution in [0.5, 0.6) is 0 Å². The van der Waals surface area contributed by atoms with Crippen molar-refractivity contribution in [3.8, 4) is 0 Å². The Balaban J connectivity index is 2.36. The smallest absolute Gasteiger partial charge is 0.294 e. The van der Waals surface area contributed by atoms with Crippen LogP contribution in [-0.2, 0) is 12.6 Å². The highest BCUT2D eigenvalue weighted by Crippen LogP contribution is 2.32. The van der Waals surface area contributed by atoms with Gasteiger partial charge in [-0.25, -0.2) is 4.39 Å². The van der Waals surface area contributed by atoms with Crippen LogP contribution in [0, 0.1) is 5.82 Å². The normalized spacial score (nSPS) is 11.5. The van der Waals surface area contributed by atoms with E-state index in [9.17, 15) is 22.4 Å². The van der Waals surface area contributed by atoms with Crippen LogP contribution in [0.25, 0.3) is 0 Å². The van der Waals surface area contributed by atoms with Crippen molar-refractivity contribution in [3.63, 3.8) is 0 Å². The van der Waals surface area contributed by atoms with E-state index in [1.807, 2.05) is 0 Å². The minimum absolute atomic E-state index is 0.0375. The highest BCUT2D eigenvalue weighted by atomic mass is 35.5. The summed E-state index contributed by atoms with van der Waals surface area (Å²) in [4.78, 5) is 12.0. The van der Waals surface area contributed by atoms with Crippen molar-refractivity contribution in [2.45, 2.75) is 12.6 Å². The van der Waals surface area contributed by atoms with Crippen molar-refractivity contribution in [2.75, 3.05) is 0 Å². The first-order valence-corrected chi connectivity index (χ1v) is 6.30. The Hall–Kier alpha value is -1.88. The first-order chi connectivity index (χ1) is 9.79. The maximum absolute atomic E-state index is 13.5. The first kappa shape index (κ1) is 15.5. The molecule has 6 heteroatoms. The Morgan fingerprint density at radius 3 is 2.43 bits per heavy atom. The predicted molar refractivity (Wildman–Crippen MR) is 70.9 cm³/mol. The highest BCUT2D eigenvalue weighted by molar-refractivity contribution is 6.30. The molecule has 0 aliphatic heterocycles. The zero-order valence-corrected chi connectivity index (χ0v) is 11.3. The summed E-state index contributed by atoms with van der Waals surface area (Å²) >= 11 is 5.69. The third-order valence-electron chi connectivity index (χ3n) is 2.89. The van der Waals surface area contributed by atoms with Crippen LogP contribution < -0.4 is 0 Å². The fourth-order valence-corrected chi connectivity index (χ4v) is 2.12. The van der Waals surface area contributed by atoms with E-state index in [0.29, 0.717) is 0 Å². The van der Waals surface area contributed by atoms with E-state index < -0.39 is 35.3 Å². The molecule has 0 atom stereocenters. The van der Waals surface area contributed by atoms with Crippen LogP contribution in [0.4, 0.5) is 17.6 Å². The van der Waals surface area contributed by atoms with Crippen LogP contribution >= 0.6 is 11.6 Å². The Morgan fingerprint density at radius 2 is 1.76 bits per heavy atom. The summed E-state index contributed by atoms with van der Waals surface area (Å²) in [5.41, 5.74) is -1.55. The summed E-state index contributed by atoms with van der Waals surface area (Å²) in [6.45, 7) is 0. The van der Waals surface area contributed by atoms with E-state index in [-0.39, 0.29) is 10.6 Å². The maximum atomic E-state index is 13.5. The highest BCUT2D eigenvalue weighted by Gasteiger charge is 2.34. The minimum Gasteiger partial charge on any atom is -0.294 e. The van der Waals surface area contributed by atoms with Crippen LogP contribution in [0.2, 0.25) is 5.02 Å². The van der Waals surface area contributed by atoms with Gasteiger partial charge in [0.1, 0.15) is 5.82 Å². The molecule has 0 radical (unpaired) electrons. The number of alkyl halides is 3. The second kappa shape index (κ2) is 5.85. The third kappa shape index (κ3) is 3.61. The average Bonchev–Trinajstić information content (AvgIpc) is 2.42. The molecule has 110 valence electrons. The van der Waals surface area contributed by atoms with E-state index in [1.54, 1.807) is 0 Å². The maximum Gasteiger partial charge on any atom is 0.417 e. The van der Waals surface area contributed by atoms with Crippen molar-refractivity contribution in [2.24, 2.45) is 0 Å². The second-order valence-corrected chi connectivity index (χ2v) is 4.82. The van der Waals surface area contributed by atoms with Crippen LogP contribution in [0.3, 0.4) is 0 Å². The van der Waals surface area contributed by atoms with E-state index >= 15 is 0 Å². The number of Topliss-reactive ketones (excluding diaryl/α,β-unsaturated/α-hetero) is 1. The topological polar surface area (TPSA) is 17.1 Å². The van der Waals surface area contributed by atoms with Crippen LogP contribution in [-0.4, -0.2) is 5.78 Å². The molecule has 0 amide bonds. The van der Waals surface area contributed by atoms with Gasteiger partial charge in [0.25, 0.3) is 0 Å². The molecule has 2 aromatic rings. The van der Waals surface area contributed by atoms with Gasteiger partial charge >= 0.3 is 6.18 Å². The fraction of sp³-hybridized carbons (Fsp3) is 0.133. The molecular formula is C15H9ClF4O. The van der Waals surface area contributed by atoms with E-state index in [1.165, 1.54) is 24.3 Å². The van der Waals surface area contributed by atoms with Crippen molar-refractivity contribution in [1.82, 2.24) is 0 Å². The zero-order chi connectivity index (χ0) is 15.6. The third-order valence-corrected chi connectivity index (χ3v) is 3.13. The van der Waals surface area contributed by atoms with Gasteiger partial charge in [-0.2, -0.15) is 13.2 Å². The minimum atomic E-state index is -4.64. The average molecular weight is 317 g/mol. The molecule has 0 aromatic heterocycles. The molecule has 0 fully saturated rings. The molecule has 0 aliphatic rings.